The Morgan fingerprint density at radius 1 is 1.33 bits per heavy atom. The molecule has 1 aliphatic carbocycles. The van der Waals surface area contributed by atoms with Crippen molar-refractivity contribution < 1.29 is 18.7 Å². The van der Waals surface area contributed by atoms with Crippen LogP contribution in [0, 0.1) is 0 Å². The first-order valence-corrected chi connectivity index (χ1v) is 5.97. The van der Waals surface area contributed by atoms with Crippen LogP contribution in [0.2, 0.25) is 5.15 Å². The first-order valence-electron chi connectivity index (χ1n) is 5.60. The number of rotatable bonds is 2. The minimum Gasteiger partial charge on any atom is -0.481 e. The molecule has 6 heteroatoms. The summed E-state index contributed by atoms with van der Waals surface area (Å²) in [6, 6.07) is 3.12. The van der Waals surface area contributed by atoms with Crippen molar-refractivity contribution in [1.29, 1.82) is 0 Å². The topological polar surface area (TPSA) is 50.2 Å². The summed E-state index contributed by atoms with van der Waals surface area (Å²) < 4.78 is 26.4. The van der Waals surface area contributed by atoms with Gasteiger partial charge in [0.15, 0.2) is 0 Å². The zero-order valence-corrected chi connectivity index (χ0v) is 10.3. The number of carboxylic acids is 1. The minimum atomic E-state index is -2.78. The van der Waals surface area contributed by atoms with Crippen molar-refractivity contribution in [2.45, 2.75) is 37.0 Å². The fourth-order valence-corrected chi connectivity index (χ4v) is 2.68. The molecule has 1 aliphatic rings. The van der Waals surface area contributed by atoms with Crippen LogP contribution >= 0.6 is 11.6 Å². The zero-order chi connectivity index (χ0) is 13.4. The van der Waals surface area contributed by atoms with Crippen LogP contribution in [0.4, 0.5) is 8.78 Å². The molecule has 0 saturated heterocycles. The fraction of sp³-hybridized carbons (Fsp3) is 0.500. The Hall–Kier alpha value is -1.23. The number of alkyl halides is 2. The van der Waals surface area contributed by atoms with Crippen molar-refractivity contribution in [3.05, 3.63) is 29.0 Å². The summed E-state index contributed by atoms with van der Waals surface area (Å²) >= 11 is 5.90. The summed E-state index contributed by atoms with van der Waals surface area (Å²) in [7, 11) is 0. The number of carboxylic acid groups (broad SMARTS) is 1. The van der Waals surface area contributed by atoms with Crippen LogP contribution in [0.15, 0.2) is 18.3 Å². The summed E-state index contributed by atoms with van der Waals surface area (Å²) in [6.07, 6.45) is 0.315. The maximum atomic E-state index is 13.2. The van der Waals surface area contributed by atoms with Gasteiger partial charge in [0.05, 0.1) is 5.41 Å². The summed E-state index contributed by atoms with van der Waals surface area (Å²) in [5, 5.41) is 9.48. The fourth-order valence-electron chi connectivity index (χ4n) is 2.38. The summed E-state index contributed by atoms with van der Waals surface area (Å²) in [5.41, 5.74) is -1.01. The Kier molecular flexibility index (Phi) is 3.27. The molecule has 0 bridgehead atoms. The molecule has 0 aliphatic heterocycles. The largest absolute Gasteiger partial charge is 0.481 e. The molecule has 1 heterocycles. The summed E-state index contributed by atoms with van der Waals surface area (Å²) in [5.74, 6) is -3.90. The average molecular weight is 276 g/mol. The van der Waals surface area contributed by atoms with E-state index < -0.39 is 30.1 Å². The quantitative estimate of drug-likeness (QED) is 0.843. The lowest BCUT2D eigenvalue weighted by Gasteiger charge is -2.37. The average Bonchev–Trinajstić information content (AvgIpc) is 2.30. The number of carbonyl (C=O) groups is 1. The van der Waals surface area contributed by atoms with E-state index in [4.69, 9.17) is 11.6 Å². The Labute approximate surface area is 108 Å². The van der Waals surface area contributed by atoms with Gasteiger partial charge < -0.3 is 5.11 Å². The van der Waals surface area contributed by atoms with Crippen LogP contribution < -0.4 is 0 Å². The molecule has 0 unspecified atom stereocenters. The first kappa shape index (κ1) is 13.2. The van der Waals surface area contributed by atoms with Gasteiger partial charge in [0.1, 0.15) is 5.15 Å². The van der Waals surface area contributed by atoms with E-state index in [-0.39, 0.29) is 18.0 Å². The number of nitrogens with zero attached hydrogens (tertiary/aromatic N) is 1. The van der Waals surface area contributed by atoms with E-state index in [1.165, 1.54) is 6.20 Å². The lowest BCUT2D eigenvalue weighted by Crippen LogP contribution is -2.43. The number of pyridine rings is 1. The molecule has 0 atom stereocenters. The van der Waals surface area contributed by atoms with E-state index in [0.29, 0.717) is 5.56 Å². The smallest absolute Gasteiger partial charge is 0.314 e. The van der Waals surface area contributed by atoms with E-state index in [1.807, 2.05) is 0 Å². The molecular formula is C12H12ClF2NO2. The molecule has 0 radical (unpaired) electrons. The van der Waals surface area contributed by atoms with E-state index in [1.54, 1.807) is 12.1 Å². The third kappa shape index (κ3) is 2.19. The second-order valence-electron chi connectivity index (χ2n) is 4.58. The number of aromatic nitrogens is 1. The second-order valence-corrected chi connectivity index (χ2v) is 4.94. The maximum Gasteiger partial charge on any atom is 0.314 e. The summed E-state index contributed by atoms with van der Waals surface area (Å²) in [4.78, 5) is 15.3. The Bertz CT molecular complexity index is 469. The van der Waals surface area contributed by atoms with E-state index >= 15 is 0 Å². The molecule has 1 fully saturated rings. The molecule has 0 spiro atoms. The van der Waals surface area contributed by atoms with Crippen LogP contribution in [0.25, 0.3) is 0 Å². The van der Waals surface area contributed by atoms with Crippen LogP contribution in [-0.4, -0.2) is 22.0 Å². The van der Waals surface area contributed by atoms with Crippen LogP contribution in [0.1, 0.15) is 31.2 Å². The van der Waals surface area contributed by atoms with Gasteiger partial charge in [0.2, 0.25) is 5.92 Å². The van der Waals surface area contributed by atoms with Crippen LogP contribution in [0.5, 0.6) is 0 Å². The Morgan fingerprint density at radius 2 is 1.94 bits per heavy atom. The number of hydrogen-bond donors (Lipinski definition) is 1. The van der Waals surface area contributed by atoms with Crippen molar-refractivity contribution in [2.24, 2.45) is 0 Å². The van der Waals surface area contributed by atoms with Gasteiger partial charge in [-0.05, 0) is 18.9 Å². The highest BCUT2D eigenvalue weighted by Gasteiger charge is 2.50. The third-order valence-corrected chi connectivity index (χ3v) is 3.82. The van der Waals surface area contributed by atoms with E-state index in [0.717, 1.165) is 0 Å². The van der Waals surface area contributed by atoms with Gasteiger partial charge in [0.25, 0.3) is 0 Å². The molecule has 2 rings (SSSR count). The van der Waals surface area contributed by atoms with Crippen LogP contribution in [-0.2, 0) is 10.2 Å². The van der Waals surface area contributed by atoms with Gasteiger partial charge in [-0.1, -0.05) is 17.7 Å². The highest BCUT2D eigenvalue weighted by Crippen LogP contribution is 2.46. The van der Waals surface area contributed by atoms with Gasteiger partial charge in [-0.25, -0.2) is 13.8 Å². The predicted molar refractivity (Wildman–Crippen MR) is 62.0 cm³/mol. The van der Waals surface area contributed by atoms with Gasteiger partial charge in [-0.2, -0.15) is 0 Å². The predicted octanol–water partition coefficient (Wildman–Crippen LogP) is 3.27. The maximum absolute atomic E-state index is 13.2. The van der Waals surface area contributed by atoms with Crippen molar-refractivity contribution in [3.8, 4) is 0 Å². The minimum absolute atomic E-state index is 0.0742. The molecule has 1 saturated carbocycles. The molecule has 0 amide bonds. The monoisotopic (exact) mass is 275 g/mol. The molecule has 1 N–H and O–H groups in total. The van der Waals surface area contributed by atoms with Gasteiger partial charge in [-0.15, -0.1) is 0 Å². The van der Waals surface area contributed by atoms with Crippen molar-refractivity contribution in [2.75, 3.05) is 0 Å². The second kappa shape index (κ2) is 4.46. The van der Waals surface area contributed by atoms with Crippen molar-refractivity contribution in [1.82, 2.24) is 4.98 Å². The molecule has 1 aromatic heterocycles. The van der Waals surface area contributed by atoms with Gasteiger partial charge in [0, 0.05) is 24.6 Å². The zero-order valence-electron chi connectivity index (χ0n) is 9.50. The Balaban J connectivity index is 2.42. The molecule has 98 valence electrons. The van der Waals surface area contributed by atoms with Gasteiger partial charge in [-0.3, -0.25) is 4.79 Å². The molecule has 1 aromatic rings. The summed E-state index contributed by atoms with van der Waals surface area (Å²) in [6.45, 7) is 0. The third-order valence-electron chi connectivity index (χ3n) is 3.52. The van der Waals surface area contributed by atoms with Crippen molar-refractivity contribution >= 4 is 17.6 Å². The molecule has 3 nitrogen and oxygen atoms in total. The highest BCUT2D eigenvalue weighted by molar-refractivity contribution is 6.30. The van der Waals surface area contributed by atoms with Crippen LogP contribution in [0.3, 0.4) is 0 Å². The van der Waals surface area contributed by atoms with E-state index in [9.17, 15) is 18.7 Å². The molecular weight excluding hydrogens is 264 g/mol. The number of hydrogen-bond acceptors (Lipinski definition) is 2. The standard InChI is InChI=1S/C12H12ClF2NO2/c13-9-8(2-1-7-16-9)11(10(17)18)3-5-12(14,15)6-4-11/h1-2,7H,3-6H2,(H,17,18). The lowest BCUT2D eigenvalue weighted by molar-refractivity contribution is -0.149. The highest BCUT2D eigenvalue weighted by atomic mass is 35.5. The molecule has 18 heavy (non-hydrogen) atoms. The number of aliphatic carboxylic acids is 1. The molecule has 0 aromatic carbocycles. The van der Waals surface area contributed by atoms with Gasteiger partial charge >= 0.3 is 5.97 Å². The number of halogens is 3. The van der Waals surface area contributed by atoms with Crippen molar-refractivity contribution in [3.63, 3.8) is 0 Å². The SMILES string of the molecule is O=C(O)C1(c2cccnc2Cl)CCC(F)(F)CC1. The normalized spacial score (nSPS) is 21.5. The first-order chi connectivity index (χ1) is 8.37. The lowest BCUT2D eigenvalue weighted by atomic mass is 9.69. The Morgan fingerprint density at radius 3 is 2.44 bits per heavy atom. The van der Waals surface area contributed by atoms with E-state index in [2.05, 4.69) is 4.98 Å².